The smallest absolute Gasteiger partial charge is 0.369 e. The van der Waals surface area contributed by atoms with Gasteiger partial charge in [0.1, 0.15) is 11.5 Å². The van der Waals surface area contributed by atoms with Crippen molar-refractivity contribution < 1.29 is 18.0 Å². The van der Waals surface area contributed by atoms with Crippen molar-refractivity contribution in [2.75, 3.05) is 11.9 Å². The number of alkyl halides is 3. The van der Waals surface area contributed by atoms with Crippen LogP contribution >= 0.6 is 0 Å². The molecule has 2 rings (SSSR count). The zero-order chi connectivity index (χ0) is 14.8. The predicted molar refractivity (Wildman–Crippen MR) is 68.2 cm³/mol. The zero-order valence-electron chi connectivity index (χ0n) is 10.8. The van der Waals surface area contributed by atoms with Crippen molar-refractivity contribution in [2.45, 2.75) is 31.9 Å². The number of carbonyl (C=O) groups excluding carboxylic acids is 1. The third kappa shape index (κ3) is 3.40. The Morgan fingerprint density at radius 2 is 2.00 bits per heavy atom. The van der Waals surface area contributed by atoms with Gasteiger partial charge in [0.2, 0.25) is 0 Å². The van der Waals surface area contributed by atoms with E-state index in [1.54, 1.807) is 0 Å². The molecule has 7 heteroatoms. The summed E-state index contributed by atoms with van der Waals surface area (Å²) in [6, 6.07) is 1.83. The number of rotatable bonds is 4. The fourth-order valence-electron chi connectivity index (χ4n) is 2.41. The number of hydrogen-bond acceptors (Lipinski definition) is 3. The van der Waals surface area contributed by atoms with E-state index in [1.165, 1.54) is 0 Å². The number of pyridine rings is 1. The van der Waals surface area contributed by atoms with Crippen LogP contribution in [0, 0.1) is 5.92 Å². The van der Waals surface area contributed by atoms with Crippen LogP contribution in [0.2, 0.25) is 0 Å². The monoisotopic (exact) mass is 287 g/mol. The zero-order valence-corrected chi connectivity index (χ0v) is 10.8. The van der Waals surface area contributed by atoms with Gasteiger partial charge >= 0.3 is 6.18 Å². The number of hydrogen-bond donors (Lipinski definition) is 2. The van der Waals surface area contributed by atoms with Gasteiger partial charge in [-0.15, -0.1) is 0 Å². The number of anilines is 1. The van der Waals surface area contributed by atoms with Crippen LogP contribution in [0.3, 0.4) is 0 Å². The maximum absolute atomic E-state index is 12.6. The van der Waals surface area contributed by atoms with Crippen LogP contribution in [0.1, 0.15) is 41.7 Å². The molecule has 20 heavy (non-hydrogen) atoms. The standard InChI is InChI=1S/C13H16F3N3O/c14-13(15,16)10-6-5-9(11(17)20)12(19-10)18-7-8-3-1-2-4-8/h5-6,8H,1-4,7H2,(H2,17,20)(H,18,19). The second kappa shape index (κ2) is 5.68. The Morgan fingerprint density at radius 1 is 1.35 bits per heavy atom. The molecule has 110 valence electrons. The summed E-state index contributed by atoms with van der Waals surface area (Å²) in [5.74, 6) is -0.466. The summed E-state index contributed by atoms with van der Waals surface area (Å²) in [6.45, 7) is 0.509. The number of primary amides is 1. The third-order valence-electron chi connectivity index (χ3n) is 3.48. The van der Waals surface area contributed by atoms with Crippen molar-refractivity contribution >= 4 is 11.7 Å². The lowest BCUT2D eigenvalue weighted by molar-refractivity contribution is -0.141. The van der Waals surface area contributed by atoms with E-state index >= 15 is 0 Å². The van der Waals surface area contributed by atoms with Crippen LogP contribution < -0.4 is 11.1 Å². The van der Waals surface area contributed by atoms with Gasteiger partial charge in [-0.05, 0) is 30.9 Å². The summed E-state index contributed by atoms with van der Waals surface area (Å²) >= 11 is 0. The quantitative estimate of drug-likeness (QED) is 0.894. The Morgan fingerprint density at radius 3 is 2.55 bits per heavy atom. The minimum absolute atomic E-state index is 0.0176. The lowest BCUT2D eigenvalue weighted by atomic mass is 10.1. The average Bonchev–Trinajstić information content (AvgIpc) is 2.87. The van der Waals surface area contributed by atoms with Gasteiger partial charge in [0.15, 0.2) is 0 Å². The molecule has 0 aliphatic heterocycles. The Balaban J connectivity index is 2.20. The summed E-state index contributed by atoms with van der Waals surface area (Å²) < 4.78 is 37.9. The van der Waals surface area contributed by atoms with E-state index in [0.29, 0.717) is 12.5 Å². The normalized spacial score (nSPS) is 16.4. The van der Waals surface area contributed by atoms with Gasteiger partial charge in [-0.2, -0.15) is 13.2 Å². The number of amides is 1. The topological polar surface area (TPSA) is 68.0 Å². The molecule has 1 aliphatic carbocycles. The molecular weight excluding hydrogens is 271 g/mol. The largest absolute Gasteiger partial charge is 0.433 e. The molecule has 1 heterocycles. The lowest BCUT2D eigenvalue weighted by Gasteiger charge is -2.15. The molecule has 1 amide bonds. The summed E-state index contributed by atoms with van der Waals surface area (Å²) in [5, 5.41) is 2.84. The van der Waals surface area contributed by atoms with Gasteiger partial charge in [0.05, 0.1) is 5.56 Å². The summed E-state index contributed by atoms with van der Waals surface area (Å²) in [5.41, 5.74) is 4.11. The van der Waals surface area contributed by atoms with E-state index in [-0.39, 0.29) is 11.4 Å². The minimum Gasteiger partial charge on any atom is -0.369 e. The van der Waals surface area contributed by atoms with Crippen molar-refractivity contribution in [2.24, 2.45) is 11.7 Å². The minimum atomic E-state index is -4.54. The highest BCUT2D eigenvalue weighted by molar-refractivity contribution is 5.97. The van der Waals surface area contributed by atoms with Crippen LogP contribution in [-0.2, 0) is 6.18 Å². The molecule has 1 saturated carbocycles. The Kier molecular flexibility index (Phi) is 4.15. The molecule has 0 spiro atoms. The second-order valence-corrected chi connectivity index (χ2v) is 4.99. The highest BCUT2D eigenvalue weighted by atomic mass is 19.4. The molecule has 1 aromatic heterocycles. The highest BCUT2D eigenvalue weighted by Gasteiger charge is 2.33. The molecule has 0 atom stereocenters. The van der Waals surface area contributed by atoms with Crippen LogP contribution in [0.4, 0.5) is 19.0 Å². The van der Waals surface area contributed by atoms with Crippen LogP contribution in [0.25, 0.3) is 0 Å². The van der Waals surface area contributed by atoms with Gasteiger partial charge in [-0.1, -0.05) is 12.8 Å². The molecule has 4 nitrogen and oxygen atoms in total. The van der Waals surface area contributed by atoms with E-state index in [9.17, 15) is 18.0 Å². The first-order chi connectivity index (χ1) is 9.38. The van der Waals surface area contributed by atoms with Gasteiger partial charge in [0, 0.05) is 6.54 Å². The van der Waals surface area contributed by atoms with E-state index < -0.39 is 17.8 Å². The summed E-state index contributed by atoms with van der Waals surface area (Å²) in [4.78, 5) is 14.7. The predicted octanol–water partition coefficient (Wildman–Crippen LogP) is 2.80. The van der Waals surface area contributed by atoms with Gasteiger partial charge < -0.3 is 11.1 Å². The first kappa shape index (κ1) is 14.6. The first-order valence-corrected chi connectivity index (χ1v) is 6.50. The number of nitrogens with zero attached hydrogens (tertiary/aromatic N) is 1. The molecular formula is C13H16F3N3O. The number of nitrogens with one attached hydrogen (secondary N) is 1. The molecule has 1 aromatic rings. The van der Waals surface area contributed by atoms with Crippen molar-refractivity contribution in [3.05, 3.63) is 23.4 Å². The van der Waals surface area contributed by atoms with E-state index in [2.05, 4.69) is 10.3 Å². The van der Waals surface area contributed by atoms with Crippen molar-refractivity contribution in [1.29, 1.82) is 0 Å². The van der Waals surface area contributed by atoms with Crippen molar-refractivity contribution in [3.63, 3.8) is 0 Å². The molecule has 0 unspecified atom stereocenters. The number of halogens is 3. The molecule has 1 fully saturated rings. The van der Waals surface area contributed by atoms with E-state index in [1.807, 2.05) is 0 Å². The van der Waals surface area contributed by atoms with Crippen molar-refractivity contribution in [1.82, 2.24) is 4.98 Å². The molecule has 1 aliphatic rings. The molecule has 0 aromatic carbocycles. The molecule has 3 N–H and O–H groups in total. The Hall–Kier alpha value is -1.79. The third-order valence-corrected chi connectivity index (χ3v) is 3.48. The molecule has 0 radical (unpaired) electrons. The van der Waals surface area contributed by atoms with Gasteiger partial charge in [-0.25, -0.2) is 4.98 Å². The number of nitrogens with two attached hydrogens (primary N) is 1. The van der Waals surface area contributed by atoms with E-state index in [4.69, 9.17) is 5.73 Å². The van der Waals surface area contributed by atoms with E-state index in [0.717, 1.165) is 37.8 Å². The molecule has 0 saturated heterocycles. The van der Waals surface area contributed by atoms with Crippen LogP contribution in [0.15, 0.2) is 12.1 Å². The average molecular weight is 287 g/mol. The van der Waals surface area contributed by atoms with Gasteiger partial charge in [-0.3, -0.25) is 4.79 Å². The second-order valence-electron chi connectivity index (χ2n) is 4.99. The van der Waals surface area contributed by atoms with Crippen LogP contribution in [0.5, 0.6) is 0 Å². The molecule has 0 bridgehead atoms. The van der Waals surface area contributed by atoms with Crippen LogP contribution in [-0.4, -0.2) is 17.4 Å². The lowest BCUT2D eigenvalue weighted by Crippen LogP contribution is -2.20. The Bertz CT molecular complexity index is 496. The first-order valence-electron chi connectivity index (χ1n) is 6.50. The number of aromatic nitrogens is 1. The Labute approximate surface area is 114 Å². The fraction of sp³-hybridized carbons (Fsp3) is 0.538. The SMILES string of the molecule is NC(=O)c1ccc(C(F)(F)F)nc1NCC1CCCC1. The van der Waals surface area contributed by atoms with Gasteiger partial charge in [0.25, 0.3) is 5.91 Å². The maximum Gasteiger partial charge on any atom is 0.433 e. The number of carbonyl (C=O) groups is 1. The highest BCUT2D eigenvalue weighted by Crippen LogP contribution is 2.30. The summed E-state index contributed by atoms with van der Waals surface area (Å²) in [6.07, 6.45) is -0.203. The maximum atomic E-state index is 12.6. The van der Waals surface area contributed by atoms with Crippen molar-refractivity contribution in [3.8, 4) is 0 Å². The fourth-order valence-corrected chi connectivity index (χ4v) is 2.41. The summed E-state index contributed by atoms with van der Waals surface area (Å²) in [7, 11) is 0.